The molecule has 0 saturated carbocycles. The second-order valence-electron chi connectivity index (χ2n) is 11.4. The molecule has 1 aromatic carbocycles. The Hall–Kier alpha value is -2.55. The lowest BCUT2D eigenvalue weighted by atomic mass is 10.2. The molecule has 17 nitrogen and oxygen atoms in total. The molecule has 1 rings (SSSR count). The molecule has 51 heavy (non-hydrogen) atoms. The number of hydrogen-bond donors (Lipinski definition) is 0. The third-order valence-electron chi connectivity index (χ3n) is 5.90. The lowest BCUT2D eigenvalue weighted by molar-refractivity contribution is -0.384. The number of carbonyl (C=O) groups is 1. The third-order valence-corrected chi connectivity index (χ3v) is 5.90. The Morgan fingerprint density at radius 2 is 0.765 bits per heavy atom. The van der Waals surface area contributed by atoms with E-state index in [0.29, 0.717) is 151 Å². The predicted octanol–water partition coefficient (Wildman–Crippen LogP) is 2.50. The first kappa shape index (κ1) is 46.5. The molecule has 1 aromatic rings. The molecule has 0 unspecified atom stereocenters. The Kier molecular flexibility index (Phi) is 30.3. The lowest BCUT2D eigenvalue weighted by Gasteiger charge is -2.19. The highest BCUT2D eigenvalue weighted by atomic mass is 16.6. The summed E-state index contributed by atoms with van der Waals surface area (Å²) in [5.74, 6) is 0.158. The van der Waals surface area contributed by atoms with Crippen molar-refractivity contribution in [3.8, 4) is 5.75 Å². The lowest BCUT2D eigenvalue weighted by Crippen LogP contribution is -2.27. The first-order chi connectivity index (χ1) is 24.8. The van der Waals surface area contributed by atoms with Crippen LogP contribution < -0.4 is 4.74 Å². The van der Waals surface area contributed by atoms with Crippen molar-refractivity contribution < 1.29 is 71.3 Å². The summed E-state index contributed by atoms with van der Waals surface area (Å²) in [7, 11) is 0. The zero-order valence-electron chi connectivity index (χ0n) is 30.6. The van der Waals surface area contributed by atoms with Crippen LogP contribution in [0.25, 0.3) is 0 Å². The molecule has 17 heteroatoms. The molecule has 0 aliphatic rings. The van der Waals surface area contributed by atoms with E-state index in [2.05, 4.69) is 0 Å². The van der Waals surface area contributed by atoms with E-state index in [-0.39, 0.29) is 12.3 Å². The van der Waals surface area contributed by atoms with Crippen LogP contribution in [0.3, 0.4) is 0 Å². The number of nitrogens with zero attached hydrogens (tertiary/aromatic N) is 1. The van der Waals surface area contributed by atoms with E-state index in [1.54, 1.807) is 12.1 Å². The van der Waals surface area contributed by atoms with Gasteiger partial charge >= 0.3 is 5.97 Å². The van der Waals surface area contributed by atoms with Crippen LogP contribution in [0, 0.1) is 10.1 Å². The first-order valence-electron chi connectivity index (χ1n) is 17.2. The number of carbonyl (C=O) groups excluding carboxylic acids is 1. The van der Waals surface area contributed by atoms with Crippen LogP contribution in [0.15, 0.2) is 24.3 Å². The quantitative estimate of drug-likeness (QED) is 0.0420. The Morgan fingerprint density at radius 1 is 0.490 bits per heavy atom. The van der Waals surface area contributed by atoms with Crippen LogP contribution in [0.5, 0.6) is 5.75 Å². The first-order valence-corrected chi connectivity index (χ1v) is 17.2. The van der Waals surface area contributed by atoms with E-state index in [9.17, 15) is 14.9 Å². The van der Waals surface area contributed by atoms with Crippen molar-refractivity contribution in [2.75, 3.05) is 152 Å². The average Bonchev–Trinajstić information content (AvgIpc) is 3.09. The Balaban J connectivity index is 1.66. The summed E-state index contributed by atoms with van der Waals surface area (Å²) >= 11 is 0. The van der Waals surface area contributed by atoms with E-state index in [4.69, 9.17) is 61.6 Å². The summed E-state index contributed by atoms with van der Waals surface area (Å²) in [6, 6.07) is 5.90. The number of esters is 1. The molecular formula is C34H59NO16. The van der Waals surface area contributed by atoms with Gasteiger partial charge in [0.1, 0.15) is 24.6 Å². The van der Waals surface area contributed by atoms with Crippen LogP contribution in [-0.2, 0) is 61.6 Å². The minimum atomic E-state index is -0.518. The van der Waals surface area contributed by atoms with Crippen LogP contribution in [-0.4, -0.2) is 168 Å². The minimum absolute atomic E-state index is 0.0215. The second-order valence-corrected chi connectivity index (χ2v) is 11.4. The topological polar surface area (TPSA) is 180 Å². The molecule has 0 bridgehead atoms. The highest BCUT2D eigenvalue weighted by Gasteiger charge is 2.15. The van der Waals surface area contributed by atoms with Crippen molar-refractivity contribution in [1.29, 1.82) is 0 Å². The molecule has 0 saturated heterocycles. The molecule has 0 spiro atoms. The molecule has 0 aliphatic carbocycles. The molecule has 0 radical (unpaired) electrons. The Morgan fingerprint density at radius 3 is 1.04 bits per heavy atom. The van der Waals surface area contributed by atoms with Crippen LogP contribution in [0.1, 0.15) is 20.8 Å². The number of nitro benzene ring substituents is 1. The van der Waals surface area contributed by atoms with Gasteiger partial charge in [-0.3, -0.25) is 10.1 Å². The maximum atomic E-state index is 11.5. The Labute approximate surface area is 301 Å². The summed E-state index contributed by atoms with van der Waals surface area (Å²) in [4.78, 5) is 21.7. The summed E-state index contributed by atoms with van der Waals surface area (Å²) in [5, 5.41) is 10.6. The maximum absolute atomic E-state index is 11.5. The van der Waals surface area contributed by atoms with Gasteiger partial charge in [0.25, 0.3) is 5.69 Å². The van der Waals surface area contributed by atoms with Gasteiger partial charge in [0, 0.05) is 12.1 Å². The van der Waals surface area contributed by atoms with Gasteiger partial charge in [-0.1, -0.05) is 0 Å². The van der Waals surface area contributed by atoms with Gasteiger partial charge in [-0.25, -0.2) is 4.79 Å². The smallest absolute Gasteiger partial charge is 0.332 e. The van der Waals surface area contributed by atoms with Gasteiger partial charge in [-0.05, 0) is 32.9 Å². The molecule has 0 atom stereocenters. The van der Waals surface area contributed by atoms with Crippen LogP contribution in [0.2, 0.25) is 0 Å². The van der Waals surface area contributed by atoms with E-state index in [1.165, 1.54) is 12.1 Å². The molecule has 296 valence electrons. The predicted molar refractivity (Wildman–Crippen MR) is 183 cm³/mol. The van der Waals surface area contributed by atoms with Gasteiger partial charge in [-0.2, -0.15) is 0 Å². The zero-order chi connectivity index (χ0) is 37.1. The highest BCUT2D eigenvalue weighted by Crippen LogP contribution is 2.17. The maximum Gasteiger partial charge on any atom is 0.332 e. The normalized spacial score (nSPS) is 11.6. The summed E-state index contributed by atoms with van der Waals surface area (Å²) in [6.45, 7) is 15.1. The number of benzene rings is 1. The number of hydrogen-bond acceptors (Lipinski definition) is 16. The van der Waals surface area contributed by atoms with E-state index >= 15 is 0 Å². The van der Waals surface area contributed by atoms with Gasteiger partial charge in [0.2, 0.25) is 0 Å². The molecule has 0 N–H and O–H groups in total. The molecule has 0 aromatic heterocycles. The van der Waals surface area contributed by atoms with Gasteiger partial charge in [0.15, 0.2) is 0 Å². The monoisotopic (exact) mass is 737 g/mol. The van der Waals surface area contributed by atoms with Gasteiger partial charge < -0.3 is 61.6 Å². The van der Waals surface area contributed by atoms with E-state index in [0.717, 1.165) is 0 Å². The number of nitro groups is 1. The molecular weight excluding hydrogens is 678 g/mol. The molecule has 0 fully saturated rings. The van der Waals surface area contributed by atoms with Crippen molar-refractivity contribution in [3.05, 3.63) is 34.4 Å². The standard InChI is InChI=1S/C34H59NO16/c1-34(2,3)51-33(36)30-49-27-26-47-23-22-45-19-18-43-15-14-41-11-10-39-8-9-40-12-13-42-16-17-44-20-21-46-24-25-48-28-29-50-32-6-4-31(5-7-32)35(37)38/h4-7H,8-30H2,1-3H3. The fourth-order valence-electron chi connectivity index (χ4n) is 3.61. The van der Waals surface area contributed by atoms with Crippen molar-refractivity contribution >= 4 is 11.7 Å². The third kappa shape index (κ3) is 33.1. The Bertz CT molecular complexity index is 947. The van der Waals surface area contributed by atoms with Crippen molar-refractivity contribution in [2.24, 2.45) is 0 Å². The van der Waals surface area contributed by atoms with Crippen molar-refractivity contribution in [1.82, 2.24) is 0 Å². The van der Waals surface area contributed by atoms with Gasteiger partial charge in [0.05, 0.1) is 144 Å². The zero-order valence-corrected chi connectivity index (χ0v) is 30.6. The van der Waals surface area contributed by atoms with Crippen LogP contribution >= 0.6 is 0 Å². The highest BCUT2D eigenvalue weighted by molar-refractivity contribution is 5.71. The summed E-state index contributed by atoms with van der Waals surface area (Å²) < 4.78 is 70.3. The number of ether oxygens (including phenoxy) is 13. The van der Waals surface area contributed by atoms with Crippen molar-refractivity contribution in [3.63, 3.8) is 0 Å². The number of rotatable bonds is 37. The summed E-state index contributed by atoms with van der Waals surface area (Å²) in [5.41, 5.74) is -0.496. The second kappa shape index (κ2) is 33.3. The summed E-state index contributed by atoms with van der Waals surface area (Å²) in [6.07, 6.45) is 0. The fourth-order valence-corrected chi connectivity index (χ4v) is 3.61. The van der Waals surface area contributed by atoms with E-state index in [1.807, 2.05) is 20.8 Å². The number of non-ortho nitro benzene ring substituents is 1. The van der Waals surface area contributed by atoms with Gasteiger partial charge in [-0.15, -0.1) is 0 Å². The average molecular weight is 738 g/mol. The fraction of sp³-hybridized carbons (Fsp3) is 0.794. The molecule has 0 heterocycles. The van der Waals surface area contributed by atoms with E-state index < -0.39 is 16.5 Å². The molecule has 0 amide bonds. The molecule has 0 aliphatic heterocycles. The minimum Gasteiger partial charge on any atom is -0.491 e. The largest absolute Gasteiger partial charge is 0.491 e. The van der Waals surface area contributed by atoms with Crippen molar-refractivity contribution in [2.45, 2.75) is 26.4 Å². The van der Waals surface area contributed by atoms with Crippen LogP contribution in [0.4, 0.5) is 5.69 Å². The SMILES string of the molecule is CC(C)(C)OC(=O)COCCOCCOCCOCCOCCOCCOCCOCCOCCOCCOCCOc1ccc([N+](=O)[O-])cc1.